The van der Waals surface area contributed by atoms with Gasteiger partial charge in [-0.15, -0.1) is 0 Å². The number of phosphoric ester groups is 1. The van der Waals surface area contributed by atoms with Gasteiger partial charge in [-0.2, -0.15) is 0 Å². The molecule has 0 saturated carbocycles. The molecule has 0 bridgehead atoms. The first-order valence-corrected chi connectivity index (χ1v) is 18.6. The van der Waals surface area contributed by atoms with Gasteiger partial charge in [-0.05, 0) is 38.2 Å². The number of aromatic nitrogens is 1. The van der Waals surface area contributed by atoms with Gasteiger partial charge < -0.3 is 18.7 Å². The molecule has 1 aromatic heterocycles. The van der Waals surface area contributed by atoms with E-state index in [4.69, 9.17) is 13.8 Å². The lowest BCUT2D eigenvalue weighted by Gasteiger charge is -2.25. The van der Waals surface area contributed by atoms with Crippen LogP contribution in [-0.4, -0.2) is 26.4 Å². The van der Waals surface area contributed by atoms with E-state index >= 15 is 0 Å². The summed E-state index contributed by atoms with van der Waals surface area (Å²) in [7, 11) is -4.26. The Kier molecular flexibility index (Phi) is 25.0. The van der Waals surface area contributed by atoms with Crippen molar-refractivity contribution < 1.29 is 27.8 Å². The standard InChI is InChI=1S/C34H64NO5P/c1-4-6-7-8-9-10-11-12-13-14-15-16-18-21-29-38-31-34(23-5-2)32-40-41(36,37)39-30-22-19-17-20-26-35-27-24-33(3)25-28-35/h24-25,27-28,34H,4-23,26,29-32H2,1-3H3. The lowest BCUT2D eigenvalue weighted by molar-refractivity contribution is -0.697. The maximum Gasteiger partial charge on any atom is 0.267 e. The van der Waals surface area contributed by atoms with Gasteiger partial charge in [0.15, 0.2) is 12.4 Å². The molecule has 1 heterocycles. The smallest absolute Gasteiger partial charge is 0.267 e. The second-order valence-electron chi connectivity index (χ2n) is 11.9. The van der Waals surface area contributed by atoms with Crippen LogP contribution in [0.1, 0.15) is 148 Å². The van der Waals surface area contributed by atoms with Gasteiger partial charge in [-0.3, -0.25) is 4.57 Å². The molecular formula is C34H64NO5P. The Morgan fingerprint density at radius 2 is 1.20 bits per heavy atom. The molecule has 7 heteroatoms. The SMILES string of the molecule is CCCCCCCCCCCCCCCCOCC(CCC)COP(=O)([O-])OCCCCCC[n+]1ccc(C)cc1. The van der Waals surface area contributed by atoms with E-state index in [1.165, 1.54) is 89.0 Å². The van der Waals surface area contributed by atoms with Crippen molar-refractivity contribution in [3.05, 3.63) is 30.1 Å². The highest BCUT2D eigenvalue weighted by molar-refractivity contribution is 7.45. The maximum atomic E-state index is 12.2. The Labute approximate surface area is 253 Å². The van der Waals surface area contributed by atoms with E-state index in [0.717, 1.165) is 58.1 Å². The highest BCUT2D eigenvalue weighted by atomic mass is 31.2. The van der Waals surface area contributed by atoms with E-state index in [1.54, 1.807) is 0 Å². The molecule has 0 N–H and O–H groups in total. The van der Waals surface area contributed by atoms with Crippen LogP contribution in [0.15, 0.2) is 24.5 Å². The topological polar surface area (TPSA) is 71.7 Å². The monoisotopic (exact) mass is 597 g/mol. The van der Waals surface area contributed by atoms with Crippen molar-refractivity contribution in [1.29, 1.82) is 0 Å². The molecule has 0 aliphatic carbocycles. The van der Waals surface area contributed by atoms with Crippen LogP contribution in [0.4, 0.5) is 0 Å². The van der Waals surface area contributed by atoms with Crippen molar-refractivity contribution in [2.24, 2.45) is 5.92 Å². The lowest BCUT2D eigenvalue weighted by atomic mass is 10.0. The molecule has 0 aliphatic rings. The number of nitrogens with zero attached hydrogens (tertiary/aromatic N) is 1. The summed E-state index contributed by atoms with van der Waals surface area (Å²) in [6.07, 6.45) is 28.7. The Bertz CT molecular complexity index is 745. The Balaban J connectivity index is 1.97. The second kappa shape index (κ2) is 26.8. The van der Waals surface area contributed by atoms with Crippen LogP contribution in [0, 0.1) is 12.8 Å². The summed E-state index contributed by atoms with van der Waals surface area (Å²) in [6.45, 7) is 9.06. The van der Waals surface area contributed by atoms with Crippen LogP contribution < -0.4 is 9.46 Å². The molecule has 0 amide bonds. The van der Waals surface area contributed by atoms with Crippen molar-refractivity contribution in [2.75, 3.05) is 26.4 Å². The van der Waals surface area contributed by atoms with Gasteiger partial charge in [-0.1, -0.05) is 110 Å². The number of aryl methyl sites for hydroxylation is 2. The molecule has 2 unspecified atom stereocenters. The van der Waals surface area contributed by atoms with E-state index in [0.29, 0.717) is 6.61 Å². The minimum absolute atomic E-state index is 0.0804. The van der Waals surface area contributed by atoms with Gasteiger partial charge >= 0.3 is 0 Å². The maximum absolute atomic E-state index is 12.2. The van der Waals surface area contributed by atoms with E-state index in [-0.39, 0.29) is 19.1 Å². The molecule has 1 rings (SSSR count). The molecule has 0 saturated heterocycles. The third-order valence-corrected chi connectivity index (χ3v) is 8.74. The first-order chi connectivity index (χ1) is 20.0. The van der Waals surface area contributed by atoms with E-state index in [1.807, 2.05) is 0 Å². The van der Waals surface area contributed by atoms with Gasteiger partial charge in [0.1, 0.15) is 6.54 Å². The van der Waals surface area contributed by atoms with Crippen molar-refractivity contribution in [2.45, 2.75) is 156 Å². The predicted molar refractivity (Wildman–Crippen MR) is 169 cm³/mol. The zero-order valence-electron chi connectivity index (χ0n) is 27.0. The largest absolute Gasteiger partial charge is 0.756 e. The van der Waals surface area contributed by atoms with Crippen LogP contribution in [-0.2, 0) is 24.9 Å². The van der Waals surface area contributed by atoms with Crippen molar-refractivity contribution in [3.8, 4) is 0 Å². The lowest BCUT2D eigenvalue weighted by Crippen LogP contribution is -2.32. The van der Waals surface area contributed by atoms with Crippen molar-refractivity contribution in [1.82, 2.24) is 0 Å². The van der Waals surface area contributed by atoms with Gasteiger partial charge in [0.05, 0.1) is 19.8 Å². The van der Waals surface area contributed by atoms with E-state index in [2.05, 4.69) is 49.9 Å². The van der Waals surface area contributed by atoms with Crippen molar-refractivity contribution >= 4 is 7.82 Å². The Hall–Kier alpha value is -0.780. The summed E-state index contributed by atoms with van der Waals surface area (Å²) >= 11 is 0. The number of hydrogen-bond donors (Lipinski definition) is 0. The average molecular weight is 598 g/mol. The molecular weight excluding hydrogens is 533 g/mol. The molecule has 2 atom stereocenters. The fraction of sp³-hybridized carbons (Fsp3) is 0.853. The molecule has 1 aromatic rings. The van der Waals surface area contributed by atoms with Gasteiger partial charge in [0.25, 0.3) is 7.82 Å². The summed E-state index contributed by atoms with van der Waals surface area (Å²) in [6, 6.07) is 4.22. The molecule has 6 nitrogen and oxygen atoms in total. The van der Waals surface area contributed by atoms with Gasteiger partial charge in [-0.25, -0.2) is 4.57 Å². The highest BCUT2D eigenvalue weighted by Gasteiger charge is 2.15. The third-order valence-electron chi connectivity index (χ3n) is 7.78. The Morgan fingerprint density at radius 1 is 0.683 bits per heavy atom. The number of unbranched alkanes of at least 4 members (excludes halogenated alkanes) is 16. The zero-order valence-corrected chi connectivity index (χ0v) is 27.9. The van der Waals surface area contributed by atoms with Gasteiger partial charge in [0, 0.05) is 31.1 Å². The Morgan fingerprint density at radius 3 is 1.76 bits per heavy atom. The summed E-state index contributed by atoms with van der Waals surface area (Å²) < 4.78 is 30.6. The molecule has 41 heavy (non-hydrogen) atoms. The summed E-state index contributed by atoms with van der Waals surface area (Å²) in [4.78, 5) is 12.2. The molecule has 240 valence electrons. The van der Waals surface area contributed by atoms with Crippen LogP contribution >= 0.6 is 7.82 Å². The number of ether oxygens (including phenoxy) is 1. The fourth-order valence-electron chi connectivity index (χ4n) is 5.11. The quantitative estimate of drug-likeness (QED) is 0.0502. The van der Waals surface area contributed by atoms with Crippen LogP contribution in [0.3, 0.4) is 0 Å². The van der Waals surface area contributed by atoms with E-state index in [9.17, 15) is 9.46 Å². The van der Waals surface area contributed by atoms with E-state index < -0.39 is 7.82 Å². The van der Waals surface area contributed by atoms with Crippen LogP contribution in [0.25, 0.3) is 0 Å². The summed E-state index contributed by atoms with van der Waals surface area (Å²) in [5.74, 6) is 0.0804. The minimum Gasteiger partial charge on any atom is -0.756 e. The number of hydrogen-bond acceptors (Lipinski definition) is 5. The molecule has 0 spiro atoms. The molecule has 0 aliphatic heterocycles. The van der Waals surface area contributed by atoms with Gasteiger partial charge in [0.2, 0.25) is 0 Å². The van der Waals surface area contributed by atoms with Crippen LogP contribution in [0.2, 0.25) is 0 Å². The number of pyridine rings is 1. The molecule has 0 radical (unpaired) electrons. The normalized spacial score (nSPS) is 13.9. The van der Waals surface area contributed by atoms with Crippen molar-refractivity contribution in [3.63, 3.8) is 0 Å². The average Bonchev–Trinajstić information content (AvgIpc) is 2.96. The first kappa shape index (κ1) is 38.2. The number of phosphoric acid groups is 1. The summed E-state index contributed by atoms with van der Waals surface area (Å²) in [5, 5.41) is 0. The van der Waals surface area contributed by atoms with Crippen LogP contribution in [0.5, 0.6) is 0 Å². The molecule has 0 aromatic carbocycles. The zero-order chi connectivity index (χ0) is 29.9. The first-order valence-electron chi connectivity index (χ1n) is 17.1. The predicted octanol–water partition coefficient (Wildman–Crippen LogP) is 9.26. The fourth-order valence-corrected chi connectivity index (χ4v) is 5.93. The number of rotatable bonds is 30. The molecule has 0 fully saturated rings. The second-order valence-corrected chi connectivity index (χ2v) is 13.3. The minimum atomic E-state index is -4.26. The third kappa shape index (κ3) is 24.4. The summed E-state index contributed by atoms with van der Waals surface area (Å²) in [5.41, 5.74) is 1.26. The highest BCUT2D eigenvalue weighted by Crippen LogP contribution is 2.39.